The van der Waals surface area contributed by atoms with Gasteiger partial charge in [0.25, 0.3) is 0 Å². The molecule has 0 radical (unpaired) electrons. The topological polar surface area (TPSA) is 30.5 Å². The van der Waals surface area contributed by atoms with Gasteiger partial charge in [-0.15, -0.1) is 0 Å². The van der Waals surface area contributed by atoms with Crippen molar-refractivity contribution in [1.82, 2.24) is 5.32 Å². The van der Waals surface area contributed by atoms with Gasteiger partial charge in [0, 0.05) is 12.1 Å². The molecule has 0 atom stereocenters. The molecule has 0 heterocycles. The van der Waals surface area contributed by atoms with Gasteiger partial charge in [0.1, 0.15) is 11.5 Å². The molecule has 0 saturated heterocycles. The van der Waals surface area contributed by atoms with Gasteiger partial charge in [-0.05, 0) is 31.2 Å². The Hall–Kier alpha value is -1.22. The van der Waals surface area contributed by atoms with Crippen molar-refractivity contribution in [3.05, 3.63) is 23.3 Å². The zero-order valence-electron chi connectivity index (χ0n) is 9.89. The molecule has 0 fully saturated rings. The van der Waals surface area contributed by atoms with E-state index in [2.05, 4.69) is 12.2 Å². The highest BCUT2D eigenvalue weighted by molar-refractivity contribution is 5.47. The van der Waals surface area contributed by atoms with Crippen LogP contribution in [0.1, 0.15) is 18.1 Å². The number of rotatable bonds is 5. The highest BCUT2D eigenvalue weighted by atomic mass is 16.5. The van der Waals surface area contributed by atoms with Gasteiger partial charge >= 0.3 is 0 Å². The zero-order valence-corrected chi connectivity index (χ0v) is 9.89. The lowest BCUT2D eigenvalue weighted by Crippen LogP contribution is -2.12. The van der Waals surface area contributed by atoms with Crippen molar-refractivity contribution in [2.75, 3.05) is 20.8 Å². The lowest BCUT2D eigenvalue weighted by Gasteiger charge is -2.12. The van der Waals surface area contributed by atoms with Crippen LogP contribution < -0.4 is 14.8 Å². The van der Waals surface area contributed by atoms with Gasteiger partial charge in [-0.2, -0.15) is 0 Å². The van der Waals surface area contributed by atoms with Crippen LogP contribution in [0.5, 0.6) is 11.5 Å². The molecule has 0 aliphatic rings. The van der Waals surface area contributed by atoms with Crippen molar-refractivity contribution in [2.24, 2.45) is 0 Å². The van der Waals surface area contributed by atoms with E-state index in [1.54, 1.807) is 14.2 Å². The molecule has 0 aliphatic carbocycles. The number of benzene rings is 1. The van der Waals surface area contributed by atoms with Crippen molar-refractivity contribution in [2.45, 2.75) is 20.4 Å². The third-order valence-corrected chi connectivity index (χ3v) is 2.39. The molecular formula is C12H19NO2. The van der Waals surface area contributed by atoms with Crippen molar-refractivity contribution in [1.29, 1.82) is 0 Å². The number of hydrogen-bond donors (Lipinski definition) is 1. The summed E-state index contributed by atoms with van der Waals surface area (Å²) in [4.78, 5) is 0. The number of ether oxygens (including phenoxy) is 2. The number of nitrogens with one attached hydrogen (secondary N) is 1. The second-order valence-electron chi connectivity index (χ2n) is 3.41. The van der Waals surface area contributed by atoms with E-state index in [1.165, 1.54) is 5.56 Å². The minimum atomic E-state index is 0.837. The maximum absolute atomic E-state index is 5.30. The molecule has 3 heteroatoms. The summed E-state index contributed by atoms with van der Waals surface area (Å²) >= 11 is 0. The van der Waals surface area contributed by atoms with E-state index < -0.39 is 0 Å². The molecule has 0 spiro atoms. The largest absolute Gasteiger partial charge is 0.496 e. The van der Waals surface area contributed by atoms with Crippen molar-refractivity contribution >= 4 is 0 Å². The van der Waals surface area contributed by atoms with Crippen LogP contribution in [0.25, 0.3) is 0 Å². The normalized spacial score (nSPS) is 10.1. The molecular weight excluding hydrogens is 190 g/mol. The first kappa shape index (κ1) is 11.9. The highest BCUT2D eigenvalue weighted by Crippen LogP contribution is 2.29. The van der Waals surface area contributed by atoms with Gasteiger partial charge in [-0.25, -0.2) is 0 Å². The van der Waals surface area contributed by atoms with Gasteiger partial charge < -0.3 is 14.8 Å². The van der Waals surface area contributed by atoms with Gasteiger partial charge in [0.15, 0.2) is 0 Å². The first-order valence-electron chi connectivity index (χ1n) is 5.15. The SMILES string of the molecule is CCNCc1cc(OC)c(C)c(OC)c1. The quantitative estimate of drug-likeness (QED) is 0.805. The Kier molecular flexibility index (Phi) is 4.43. The second kappa shape index (κ2) is 5.61. The number of hydrogen-bond acceptors (Lipinski definition) is 3. The van der Waals surface area contributed by atoms with E-state index in [1.807, 2.05) is 19.1 Å². The molecule has 0 aliphatic heterocycles. The summed E-state index contributed by atoms with van der Waals surface area (Å²) in [5.41, 5.74) is 2.22. The van der Waals surface area contributed by atoms with Crippen LogP contribution >= 0.6 is 0 Å². The van der Waals surface area contributed by atoms with Crippen LogP contribution in [0.15, 0.2) is 12.1 Å². The lowest BCUT2D eigenvalue weighted by atomic mass is 10.1. The fraction of sp³-hybridized carbons (Fsp3) is 0.500. The Morgan fingerprint density at radius 3 is 2.07 bits per heavy atom. The van der Waals surface area contributed by atoms with E-state index in [9.17, 15) is 0 Å². The summed E-state index contributed by atoms with van der Waals surface area (Å²) in [6, 6.07) is 4.08. The summed E-state index contributed by atoms with van der Waals surface area (Å²) in [5.74, 6) is 1.75. The molecule has 1 rings (SSSR count). The minimum absolute atomic E-state index is 0.837. The van der Waals surface area contributed by atoms with E-state index in [4.69, 9.17) is 9.47 Å². The molecule has 0 unspecified atom stereocenters. The van der Waals surface area contributed by atoms with Crippen LogP contribution in [-0.4, -0.2) is 20.8 Å². The Balaban J connectivity index is 2.98. The molecule has 1 aromatic carbocycles. The monoisotopic (exact) mass is 209 g/mol. The van der Waals surface area contributed by atoms with Crippen LogP contribution in [0.3, 0.4) is 0 Å². The summed E-state index contributed by atoms with van der Waals surface area (Å²) in [6.45, 7) is 5.87. The van der Waals surface area contributed by atoms with Crippen LogP contribution in [0.4, 0.5) is 0 Å². The van der Waals surface area contributed by atoms with E-state index in [0.717, 1.165) is 30.2 Å². The summed E-state index contributed by atoms with van der Waals surface area (Å²) in [6.07, 6.45) is 0. The maximum atomic E-state index is 5.30. The van der Waals surface area contributed by atoms with Crippen LogP contribution in [-0.2, 0) is 6.54 Å². The molecule has 3 nitrogen and oxygen atoms in total. The number of methoxy groups -OCH3 is 2. The zero-order chi connectivity index (χ0) is 11.3. The Morgan fingerprint density at radius 1 is 1.13 bits per heavy atom. The third kappa shape index (κ3) is 2.86. The van der Waals surface area contributed by atoms with E-state index in [-0.39, 0.29) is 0 Å². The van der Waals surface area contributed by atoms with Crippen molar-refractivity contribution in [3.63, 3.8) is 0 Å². The molecule has 15 heavy (non-hydrogen) atoms. The summed E-state index contributed by atoms with van der Waals surface area (Å²) in [7, 11) is 3.36. The summed E-state index contributed by atoms with van der Waals surface area (Å²) in [5, 5.41) is 3.28. The minimum Gasteiger partial charge on any atom is -0.496 e. The molecule has 1 aromatic rings. The standard InChI is InChI=1S/C12H19NO2/c1-5-13-8-10-6-11(14-3)9(2)12(7-10)15-4/h6-7,13H,5,8H2,1-4H3. The predicted molar refractivity (Wildman–Crippen MR) is 61.7 cm³/mol. The second-order valence-corrected chi connectivity index (χ2v) is 3.41. The third-order valence-electron chi connectivity index (χ3n) is 2.39. The first-order valence-corrected chi connectivity index (χ1v) is 5.15. The maximum Gasteiger partial charge on any atom is 0.125 e. The van der Waals surface area contributed by atoms with Crippen LogP contribution in [0, 0.1) is 6.92 Å². The smallest absolute Gasteiger partial charge is 0.125 e. The van der Waals surface area contributed by atoms with Gasteiger partial charge in [0.2, 0.25) is 0 Å². The first-order chi connectivity index (χ1) is 7.22. The van der Waals surface area contributed by atoms with Gasteiger partial charge in [-0.3, -0.25) is 0 Å². The molecule has 0 aromatic heterocycles. The fourth-order valence-corrected chi connectivity index (χ4v) is 1.51. The Labute approximate surface area is 91.4 Å². The average molecular weight is 209 g/mol. The average Bonchev–Trinajstić information content (AvgIpc) is 2.27. The lowest BCUT2D eigenvalue weighted by molar-refractivity contribution is 0.387. The fourth-order valence-electron chi connectivity index (χ4n) is 1.51. The molecule has 0 amide bonds. The van der Waals surface area contributed by atoms with E-state index in [0.29, 0.717) is 0 Å². The van der Waals surface area contributed by atoms with Crippen LogP contribution in [0.2, 0.25) is 0 Å². The van der Waals surface area contributed by atoms with Gasteiger partial charge in [0.05, 0.1) is 14.2 Å². The van der Waals surface area contributed by atoms with Crippen molar-refractivity contribution in [3.8, 4) is 11.5 Å². The molecule has 0 bridgehead atoms. The Bertz CT molecular complexity index is 298. The van der Waals surface area contributed by atoms with Gasteiger partial charge in [-0.1, -0.05) is 6.92 Å². The Morgan fingerprint density at radius 2 is 1.67 bits per heavy atom. The van der Waals surface area contributed by atoms with E-state index >= 15 is 0 Å². The molecule has 84 valence electrons. The van der Waals surface area contributed by atoms with Crippen molar-refractivity contribution < 1.29 is 9.47 Å². The molecule has 1 N–H and O–H groups in total. The molecule has 0 saturated carbocycles. The highest BCUT2D eigenvalue weighted by Gasteiger charge is 2.07. The summed E-state index contributed by atoms with van der Waals surface area (Å²) < 4.78 is 10.6. The predicted octanol–water partition coefficient (Wildman–Crippen LogP) is 2.12.